The van der Waals surface area contributed by atoms with Crippen LogP contribution < -0.4 is 14.2 Å². The van der Waals surface area contributed by atoms with Crippen molar-refractivity contribution in [2.75, 3.05) is 20.8 Å². The molecule has 0 saturated carbocycles. The van der Waals surface area contributed by atoms with E-state index in [1.807, 2.05) is 30.3 Å². The fourth-order valence-corrected chi connectivity index (χ4v) is 4.32. The fraction of sp³-hybridized carbons (Fsp3) is 0.286. The molecule has 0 N–H and O–H groups in total. The summed E-state index contributed by atoms with van der Waals surface area (Å²) in [5.74, 6) is 0.985. The van der Waals surface area contributed by atoms with Crippen molar-refractivity contribution < 1.29 is 28.5 Å². The van der Waals surface area contributed by atoms with Gasteiger partial charge in [0.25, 0.3) is 0 Å². The molecule has 0 bridgehead atoms. The van der Waals surface area contributed by atoms with Crippen LogP contribution in [0, 0.1) is 18.3 Å². The van der Waals surface area contributed by atoms with E-state index in [9.17, 15) is 10.1 Å². The number of methoxy groups -OCH3 is 2. The van der Waals surface area contributed by atoms with Crippen LogP contribution in [0.3, 0.4) is 0 Å². The maximum absolute atomic E-state index is 12.4. The van der Waals surface area contributed by atoms with Gasteiger partial charge in [-0.1, -0.05) is 30.3 Å². The van der Waals surface area contributed by atoms with Crippen molar-refractivity contribution in [3.05, 3.63) is 81.0 Å². The lowest BCUT2D eigenvalue weighted by Crippen LogP contribution is -2.25. The van der Waals surface area contributed by atoms with Gasteiger partial charge in [-0.25, -0.2) is 4.98 Å². The average molecular weight is 595 g/mol. The minimum absolute atomic E-state index is 0.121. The van der Waals surface area contributed by atoms with Gasteiger partial charge in [0.05, 0.1) is 19.4 Å². The van der Waals surface area contributed by atoms with Gasteiger partial charge in [-0.15, -0.1) is 5.10 Å². The van der Waals surface area contributed by atoms with E-state index in [-0.39, 0.29) is 36.5 Å². The molecule has 0 fully saturated rings. The van der Waals surface area contributed by atoms with Gasteiger partial charge >= 0.3 is 0 Å². The minimum Gasteiger partial charge on any atom is -0.493 e. The highest BCUT2D eigenvalue weighted by Crippen LogP contribution is 2.36. The molecule has 202 valence electrons. The Morgan fingerprint density at radius 2 is 1.87 bits per heavy atom. The highest BCUT2D eigenvalue weighted by Gasteiger charge is 2.33. The number of amides is 1. The summed E-state index contributed by atoms with van der Waals surface area (Å²) in [4.78, 5) is 16.8. The predicted molar refractivity (Wildman–Crippen MR) is 145 cm³/mol. The third-order valence-corrected chi connectivity index (χ3v) is 6.87. The van der Waals surface area contributed by atoms with E-state index >= 15 is 0 Å². The number of pyridine rings is 1. The first-order valence-electron chi connectivity index (χ1n) is 12.0. The Morgan fingerprint density at radius 3 is 2.54 bits per heavy atom. The van der Waals surface area contributed by atoms with Gasteiger partial charge in [0, 0.05) is 29.6 Å². The molecular formula is C28H27BrN4O6. The first kappa shape index (κ1) is 27.9. The zero-order chi connectivity index (χ0) is 27.9. The van der Waals surface area contributed by atoms with Crippen LogP contribution in [0.15, 0.2) is 58.1 Å². The molecule has 1 aromatic heterocycles. The van der Waals surface area contributed by atoms with Crippen molar-refractivity contribution >= 4 is 27.7 Å². The second-order valence-corrected chi connectivity index (χ2v) is 9.31. The van der Waals surface area contributed by atoms with E-state index < -0.39 is 6.23 Å². The highest BCUT2D eigenvalue weighted by molar-refractivity contribution is 9.10. The molecule has 2 heterocycles. The number of nitrogens with zero attached hydrogens (tertiary/aromatic N) is 4. The Balaban J connectivity index is 1.51. The standard InChI is InChI=1S/C28H27BrN4O6/c1-17-26(29)22(15-35-3)21(13-30)27(31-17)38-16-25-32-33(18(2)34)28(39-25)20-10-11-23(24(12-20)36-4)37-14-19-8-6-5-7-9-19/h5-12,28H,14-16H2,1-4H3/t28-/m0/s1. The number of hydrazone groups is 1. The van der Waals surface area contributed by atoms with E-state index in [1.54, 1.807) is 39.3 Å². The number of ether oxygens (including phenoxy) is 5. The van der Waals surface area contributed by atoms with E-state index in [1.165, 1.54) is 11.9 Å². The SMILES string of the molecule is COCc1c(Br)c(C)nc(OCC2=NN(C(C)=O)[C@H](c3ccc(OCc4ccccc4)c(OC)c3)O2)c1C#N. The molecule has 0 unspecified atom stereocenters. The molecule has 0 saturated heterocycles. The van der Waals surface area contributed by atoms with E-state index in [0.29, 0.717) is 39.4 Å². The molecule has 0 aliphatic carbocycles. The number of hydrogen-bond donors (Lipinski definition) is 0. The molecule has 1 amide bonds. The van der Waals surface area contributed by atoms with Crippen LogP contribution in [0.25, 0.3) is 0 Å². The summed E-state index contributed by atoms with van der Waals surface area (Å²) in [6.07, 6.45) is -0.836. The first-order chi connectivity index (χ1) is 18.9. The highest BCUT2D eigenvalue weighted by atomic mass is 79.9. The Bertz CT molecular complexity index is 1420. The van der Waals surface area contributed by atoms with Crippen LogP contribution in [-0.4, -0.2) is 42.6 Å². The van der Waals surface area contributed by atoms with Gasteiger partial charge in [-0.2, -0.15) is 10.3 Å². The van der Waals surface area contributed by atoms with E-state index in [4.69, 9.17) is 23.7 Å². The quantitative estimate of drug-likeness (QED) is 0.321. The number of benzene rings is 2. The molecule has 10 nitrogen and oxygen atoms in total. The number of hydrogen-bond acceptors (Lipinski definition) is 9. The normalized spacial score (nSPS) is 14.3. The van der Waals surface area contributed by atoms with Gasteiger partial charge in [0.1, 0.15) is 18.2 Å². The molecule has 1 atom stereocenters. The fourth-order valence-electron chi connectivity index (χ4n) is 3.92. The molecule has 3 aromatic rings. The molecule has 0 radical (unpaired) electrons. The van der Waals surface area contributed by atoms with Crippen molar-refractivity contribution in [2.24, 2.45) is 5.10 Å². The summed E-state index contributed by atoms with van der Waals surface area (Å²) in [6, 6.07) is 17.2. The summed E-state index contributed by atoms with van der Waals surface area (Å²) in [7, 11) is 3.08. The number of carbonyl (C=O) groups excluding carboxylic acids is 1. The molecular weight excluding hydrogens is 568 g/mol. The molecule has 39 heavy (non-hydrogen) atoms. The van der Waals surface area contributed by atoms with Crippen molar-refractivity contribution in [3.63, 3.8) is 0 Å². The number of nitriles is 1. The van der Waals surface area contributed by atoms with Crippen LogP contribution in [0.5, 0.6) is 17.4 Å². The molecule has 1 aliphatic rings. The summed E-state index contributed by atoms with van der Waals surface area (Å²) >= 11 is 3.46. The number of aromatic nitrogens is 1. The Morgan fingerprint density at radius 1 is 1.10 bits per heavy atom. The second kappa shape index (κ2) is 12.6. The monoisotopic (exact) mass is 594 g/mol. The largest absolute Gasteiger partial charge is 0.493 e. The summed E-state index contributed by atoms with van der Waals surface area (Å²) in [5.41, 5.74) is 3.15. The summed E-state index contributed by atoms with van der Waals surface area (Å²) < 4.78 is 29.2. The average Bonchev–Trinajstić information content (AvgIpc) is 3.39. The smallest absolute Gasteiger partial charge is 0.247 e. The third-order valence-electron chi connectivity index (χ3n) is 5.82. The molecule has 2 aromatic carbocycles. The van der Waals surface area contributed by atoms with Crippen LogP contribution in [0.2, 0.25) is 0 Å². The van der Waals surface area contributed by atoms with Crippen LogP contribution in [-0.2, 0) is 27.5 Å². The zero-order valence-corrected chi connectivity index (χ0v) is 23.5. The second-order valence-electron chi connectivity index (χ2n) is 8.52. The van der Waals surface area contributed by atoms with Gasteiger partial charge in [0.2, 0.25) is 23.9 Å². The molecule has 4 rings (SSSR count). The molecule has 0 spiro atoms. The number of rotatable bonds is 10. The lowest BCUT2D eigenvalue weighted by Gasteiger charge is -2.21. The predicted octanol–water partition coefficient (Wildman–Crippen LogP) is 5.03. The summed E-state index contributed by atoms with van der Waals surface area (Å²) in [6.45, 7) is 3.61. The van der Waals surface area contributed by atoms with Crippen molar-refractivity contribution in [1.82, 2.24) is 9.99 Å². The summed E-state index contributed by atoms with van der Waals surface area (Å²) in [5, 5.41) is 15.3. The van der Waals surface area contributed by atoms with Gasteiger partial charge in [-0.3, -0.25) is 4.79 Å². The number of halogens is 1. The van der Waals surface area contributed by atoms with Gasteiger partial charge in [0.15, 0.2) is 18.1 Å². The topological polar surface area (TPSA) is 116 Å². The van der Waals surface area contributed by atoms with Crippen molar-refractivity contribution in [2.45, 2.75) is 33.3 Å². The molecule has 11 heteroatoms. The lowest BCUT2D eigenvalue weighted by atomic mass is 10.1. The number of aryl methyl sites for hydroxylation is 1. The van der Waals surface area contributed by atoms with Crippen molar-refractivity contribution in [3.8, 4) is 23.4 Å². The van der Waals surface area contributed by atoms with Crippen LogP contribution in [0.4, 0.5) is 0 Å². The minimum atomic E-state index is -0.836. The number of carbonyl (C=O) groups is 1. The van der Waals surface area contributed by atoms with Gasteiger partial charge in [-0.05, 0) is 46.6 Å². The van der Waals surface area contributed by atoms with Crippen LogP contribution in [0.1, 0.15) is 41.1 Å². The Kier molecular flexibility index (Phi) is 9.01. The van der Waals surface area contributed by atoms with Gasteiger partial charge < -0.3 is 23.7 Å². The van der Waals surface area contributed by atoms with E-state index in [0.717, 1.165) is 5.56 Å². The van der Waals surface area contributed by atoms with Crippen molar-refractivity contribution in [1.29, 1.82) is 5.26 Å². The van der Waals surface area contributed by atoms with Crippen LogP contribution >= 0.6 is 15.9 Å². The zero-order valence-electron chi connectivity index (χ0n) is 21.9. The molecule has 1 aliphatic heterocycles. The first-order valence-corrected chi connectivity index (χ1v) is 12.7. The maximum Gasteiger partial charge on any atom is 0.247 e. The Hall–Kier alpha value is -4.14. The third kappa shape index (κ3) is 6.30. The Labute approximate surface area is 234 Å². The lowest BCUT2D eigenvalue weighted by molar-refractivity contribution is -0.135. The van der Waals surface area contributed by atoms with E-state index in [2.05, 4.69) is 32.1 Å². The maximum atomic E-state index is 12.4.